The molecule has 35 heavy (non-hydrogen) atoms. The van der Waals surface area contributed by atoms with Crippen LogP contribution in [0.1, 0.15) is 36.5 Å². The van der Waals surface area contributed by atoms with Gasteiger partial charge in [0.05, 0.1) is 0 Å². The maximum Gasteiger partial charge on any atom is 0.251 e. The Balaban J connectivity index is 1.52. The van der Waals surface area contributed by atoms with Crippen LogP contribution in [0.15, 0.2) is 73.2 Å². The Morgan fingerprint density at radius 1 is 1.06 bits per heavy atom. The number of fused-ring (bicyclic) bond motifs is 1. The summed E-state index contributed by atoms with van der Waals surface area (Å²) in [5.74, 6) is 0.0781. The predicted octanol–water partition coefficient (Wildman–Crippen LogP) is 4.44. The summed E-state index contributed by atoms with van der Waals surface area (Å²) >= 11 is 0. The second-order valence-electron chi connectivity index (χ2n) is 8.85. The van der Waals surface area contributed by atoms with Crippen molar-refractivity contribution in [2.75, 3.05) is 11.1 Å². The summed E-state index contributed by atoms with van der Waals surface area (Å²) in [5.41, 5.74) is 12.3. The molecular formula is C27H26N6O2. The van der Waals surface area contributed by atoms with Crippen LogP contribution in [0.4, 0.5) is 11.5 Å². The normalized spacial score (nSPS) is 13.3. The number of carbonyl (C=O) groups is 2. The summed E-state index contributed by atoms with van der Waals surface area (Å²) in [4.78, 5) is 28.7. The van der Waals surface area contributed by atoms with Gasteiger partial charge < -0.3 is 16.4 Å². The van der Waals surface area contributed by atoms with E-state index in [0.29, 0.717) is 28.2 Å². The van der Waals surface area contributed by atoms with Gasteiger partial charge in [-0.25, -0.2) is 9.50 Å². The van der Waals surface area contributed by atoms with Crippen molar-refractivity contribution in [2.45, 2.75) is 32.2 Å². The van der Waals surface area contributed by atoms with Crippen molar-refractivity contribution in [3.63, 3.8) is 0 Å². The number of nitrogens with one attached hydrogen (secondary N) is 2. The maximum atomic E-state index is 12.6. The number of amides is 2. The molecule has 2 amide bonds. The number of nitrogen functional groups attached to an aromatic ring is 1. The number of hydrogen-bond acceptors (Lipinski definition) is 5. The van der Waals surface area contributed by atoms with E-state index in [9.17, 15) is 9.59 Å². The van der Waals surface area contributed by atoms with Crippen molar-refractivity contribution < 1.29 is 9.59 Å². The lowest BCUT2D eigenvalue weighted by atomic mass is 9.92. The van der Waals surface area contributed by atoms with E-state index in [2.05, 4.69) is 27.3 Å². The van der Waals surface area contributed by atoms with Crippen molar-refractivity contribution >= 4 is 28.8 Å². The van der Waals surface area contributed by atoms with E-state index < -0.39 is 0 Å². The molecular weight excluding hydrogens is 440 g/mol. The zero-order chi connectivity index (χ0) is 24.5. The van der Waals surface area contributed by atoms with Crippen LogP contribution in [0.25, 0.3) is 27.8 Å². The summed E-state index contributed by atoms with van der Waals surface area (Å²) in [5, 5.41) is 10.2. The zero-order valence-corrected chi connectivity index (χ0v) is 19.4. The summed E-state index contributed by atoms with van der Waals surface area (Å²) in [7, 11) is 0. The molecule has 4 aromatic rings. The highest BCUT2D eigenvalue weighted by Crippen LogP contribution is 2.39. The summed E-state index contributed by atoms with van der Waals surface area (Å²) in [6.45, 7) is 5.33. The first kappa shape index (κ1) is 22.3. The molecule has 8 nitrogen and oxygen atoms in total. The van der Waals surface area contributed by atoms with E-state index in [0.717, 1.165) is 35.1 Å². The van der Waals surface area contributed by atoms with Gasteiger partial charge in [-0.1, -0.05) is 30.8 Å². The first-order valence-electron chi connectivity index (χ1n) is 11.5. The number of anilines is 2. The highest BCUT2D eigenvalue weighted by atomic mass is 16.2. The van der Waals surface area contributed by atoms with Gasteiger partial charge in [-0.05, 0) is 61.6 Å². The first-order chi connectivity index (χ1) is 16.9. The standard InChI is InChI=1S/C27H26N6O2/c1-16(2)26(34)31-21-12-10-17(11-13-21)22-14-33-24(25(28)29-15-30-33)23(22)18-6-8-19(9-7-18)27(35)32-20-4-3-5-20/h6-15,20H,1,3-5H2,2H3,(H,31,34)(H,32,35)(H2,28,29,30). The molecule has 1 saturated carbocycles. The summed E-state index contributed by atoms with van der Waals surface area (Å²) < 4.78 is 1.71. The third kappa shape index (κ3) is 4.38. The summed E-state index contributed by atoms with van der Waals surface area (Å²) in [6.07, 6.45) is 6.57. The molecule has 0 bridgehead atoms. The Bertz CT molecular complexity index is 1430. The average molecular weight is 467 g/mol. The van der Waals surface area contributed by atoms with Gasteiger partial charge in [0, 0.05) is 40.2 Å². The van der Waals surface area contributed by atoms with Crippen molar-refractivity contribution in [2.24, 2.45) is 0 Å². The predicted molar refractivity (Wildman–Crippen MR) is 137 cm³/mol. The molecule has 0 radical (unpaired) electrons. The van der Waals surface area contributed by atoms with Crippen LogP contribution in [-0.4, -0.2) is 32.5 Å². The van der Waals surface area contributed by atoms with Crippen LogP contribution in [-0.2, 0) is 4.79 Å². The fraction of sp³-hybridized carbons (Fsp3) is 0.185. The SMILES string of the molecule is C=C(C)C(=O)Nc1ccc(-c2cn3ncnc(N)c3c2-c2ccc(C(=O)NC3CCC3)cc2)cc1. The lowest BCUT2D eigenvalue weighted by molar-refractivity contribution is -0.112. The van der Waals surface area contributed by atoms with Gasteiger partial charge in [0.25, 0.3) is 11.8 Å². The average Bonchev–Trinajstić information content (AvgIpc) is 3.23. The lowest BCUT2D eigenvalue weighted by Gasteiger charge is -2.26. The Morgan fingerprint density at radius 2 is 1.74 bits per heavy atom. The van der Waals surface area contributed by atoms with E-state index in [4.69, 9.17) is 5.73 Å². The molecule has 8 heteroatoms. The van der Waals surface area contributed by atoms with Gasteiger partial charge in [-0.2, -0.15) is 5.10 Å². The molecule has 2 aromatic carbocycles. The topological polar surface area (TPSA) is 114 Å². The smallest absolute Gasteiger partial charge is 0.251 e. The quantitative estimate of drug-likeness (QED) is 0.364. The van der Waals surface area contributed by atoms with Crippen LogP contribution < -0.4 is 16.4 Å². The molecule has 1 aliphatic carbocycles. The van der Waals surface area contributed by atoms with Crippen molar-refractivity contribution in [3.05, 3.63) is 78.8 Å². The number of nitrogens with two attached hydrogens (primary N) is 1. The fourth-order valence-corrected chi connectivity index (χ4v) is 4.13. The number of hydrogen-bond donors (Lipinski definition) is 3. The minimum absolute atomic E-state index is 0.0570. The second-order valence-corrected chi connectivity index (χ2v) is 8.85. The molecule has 0 unspecified atom stereocenters. The highest BCUT2D eigenvalue weighted by molar-refractivity contribution is 6.03. The van der Waals surface area contributed by atoms with Gasteiger partial charge in [0.1, 0.15) is 11.8 Å². The van der Waals surface area contributed by atoms with Gasteiger partial charge in [0.15, 0.2) is 5.82 Å². The monoisotopic (exact) mass is 466 g/mol. The lowest BCUT2D eigenvalue weighted by Crippen LogP contribution is -2.39. The van der Waals surface area contributed by atoms with E-state index >= 15 is 0 Å². The van der Waals surface area contributed by atoms with E-state index in [1.165, 1.54) is 12.7 Å². The molecule has 0 spiro atoms. The highest BCUT2D eigenvalue weighted by Gasteiger charge is 2.21. The summed E-state index contributed by atoms with van der Waals surface area (Å²) in [6, 6.07) is 15.3. The Hall–Kier alpha value is -4.46. The molecule has 2 aromatic heterocycles. The molecule has 4 N–H and O–H groups in total. The molecule has 176 valence electrons. The second kappa shape index (κ2) is 9.06. The number of nitrogens with zero attached hydrogens (tertiary/aromatic N) is 3. The molecule has 0 saturated heterocycles. The molecule has 2 heterocycles. The van der Waals surface area contributed by atoms with Crippen LogP contribution in [0.2, 0.25) is 0 Å². The number of carbonyl (C=O) groups excluding carboxylic acids is 2. The van der Waals surface area contributed by atoms with Crippen LogP contribution in [0.3, 0.4) is 0 Å². The minimum Gasteiger partial charge on any atom is -0.382 e. The zero-order valence-electron chi connectivity index (χ0n) is 19.4. The third-order valence-electron chi connectivity index (χ3n) is 6.32. The van der Waals surface area contributed by atoms with Crippen molar-refractivity contribution in [1.82, 2.24) is 19.9 Å². The number of benzene rings is 2. The van der Waals surface area contributed by atoms with Gasteiger partial charge in [0.2, 0.25) is 0 Å². The Morgan fingerprint density at radius 3 is 2.37 bits per heavy atom. The van der Waals surface area contributed by atoms with Crippen LogP contribution in [0.5, 0.6) is 0 Å². The molecule has 0 aliphatic heterocycles. The van der Waals surface area contributed by atoms with Gasteiger partial charge in [-0.3, -0.25) is 9.59 Å². The minimum atomic E-state index is -0.225. The maximum absolute atomic E-state index is 12.6. The molecule has 0 atom stereocenters. The van der Waals surface area contributed by atoms with E-state index in [1.807, 2.05) is 54.7 Å². The molecule has 5 rings (SSSR count). The molecule has 1 aliphatic rings. The van der Waals surface area contributed by atoms with Crippen LogP contribution in [0, 0.1) is 0 Å². The fourth-order valence-electron chi connectivity index (χ4n) is 4.13. The van der Waals surface area contributed by atoms with E-state index in [1.54, 1.807) is 11.4 Å². The largest absolute Gasteiger partial charge is 0.382 e. The van der Waals surface area contributed by atoms with Crippen molar-refractivity contribution in [3.8, 4) is 22.3 Å². The number of aromatic nitrogens is 3. The van der Waals surface area contributed by atoms with Gasteiger partial charge in [-0.15, -0.1) is 0 Å². The van der Waals surface area contributed by atoms with Crippen molar-refractivity contribution in [1.29, 1.82) is 0 Å². The number of rotatable bonds is 6. The molecule has 1 fully saturated rings. The third-order valence-corrected chi connectivity index (χ3v) is 6.32. The Labute approximate surface area is 202 Å². The van der Waals surface area contributed by atoms with E-state index in [-0.39, 0.29) is 17.9 Å². The Kier molecular flexibility index (Phi) is 5.78. The van der Waals surface area contributed by atoms with Gasteiger partial charge >= 0.3 is 0 Å². The first-order valence-corrected chi connectivity index (χ1v) is 11.5. The van der Waals surface area contributed by atoms with Crippen LogP contribution >= 0.6 is 0 Å².